The van der Waals surface area contributed by atoms with E-state index in [-0.39, 0.29) is 5.97 Å². The van der Waals surface area contributed by atoms with Crippen LogP contribution in [0.2, 0.25) is 0 Å². The number of rotatable bonds is 8. The number of unbranched alkanes of at least 4 members (excludes halogenated alkanes) is 2. The van der Waals surface area contributed by atoms with Gasteiger partial charge in [-0.25, -0.2) is 4.79 Å². The molecule has 0 atom stereocenters. The second kappa shape index (κ2) is 10.4. The highest BCUT2D eigenvalue weighted by Gasteiger charge is 2.06. The fourth-order valence-corrected chi connectivity index (χ4v) is 3.12. The lowest BCUT2D eigenvalue weighted by Gasteiger charge is -2.09. The van der Waals surface area contributed by atoms with Crippen LogP contribution in [0, 0.1) is 4.64 Å². The Kier molecular flexibility index (Phi) is 7.33. The van der Waals surface area contributed by atoms with Gasteiger partial charge in [-0.2, -0.15) is 4.73 Å². The molecule has 0 radical (unpaired) electrons. The zero-order chi connectivity index (χ0) is 19.6. The fourth-order valence-electron chi connectivity index (χ4n) is 2.94. The Hall–Kier alpha value is -2.98. The molecule has 1 heterocycles. The standard InChI is InChI=1S/C24H23NO2S/c26-24(27-25-19-11-10-17-23(25)28)18-9-3-8-16-22(20-12-4-1-5-13-20)21-14-6-2-7-15-21/h1-2,4-7,10-17,19H,3,8-9,18H2. The van der Waals surface area contributed by atoms with E-state index in [2.05, 4.69) is 54.6 Å². The van der Waals surface area contributed by atoms with Crippen molar-refractivity contribution in [3.8, 4) is 0 Å². The molecule has 0 N–H and O–H groups in total. The maximum absolute atomic E-state index is 12.0. The van der Waals surface area contributed by atoms with Gasteiger partial charge >= 0.3 is 5.97 Å². The number of carbonyl (C=O) groups excluding carboxylic acids is 1. The summed E-state index contributed by atoms with van der Waals surface area (Å²) in [6.45, 7) is 0. The Bertz CT molecular complexity index is 937. The number of pyridine rings is 1. The normalized spacial score (nSPS) is 10.3. The van der Waals surface area contributed by atoms with Crippen molar-refractivity contribution in [3.63, 3.8) is 0 Å². The predicted octanol–water partition coefficient (Wildman–Crippen LogP) is 5.87. The van der Waals surface area contributed by atoms with E-state index in [4.69, 9.17) is 17.1 Å². The van der Waals surface area contributed by atoms with Crippen molar-refractivity contribution in [1.82, 2.24) is 4.73 Å². The molecule has 0 bridgehead atoms. The Balaban J connectivity index is 1.55. The first-order valence-electron chi connectivity index (χ1n) is 9.44. The maximum Gasteiger partial charge on any atom is 0.332 e. The third kappa shape index (κ3) is 5.76. The van der Waals surface area contributed by atoms with Gasteiger partial charge in [-0.15, -0.1) is 0 Å². The van der Waals surface area contributed by atoms with Crippen molar-refractivity contribution < 1.29 is 9.63 Å². The SMILES string of the molecule is O=C(CCCCC=C(c1ccccc1)c1ccccc1)On1ccccc1=S. The van der Waals surface area contributed by atoms with Crippen LogP contribution in [0.25, 0.3) is 5.57 Å². The highest BCUT2D eigenvalue weighted by atomic mass is 32.1. The van der Waals surface area contributed by atoms with Crippen LogP contribution in [0.1, 0.15) is 36.8 Å². The minimum absolute atomic E-state index is 0.266. The molecular weight excluding hydrogens is 366 g/mol. The number of allylic oxidation sites excluding steroid dienone is 1. The highest BCUT2D eigenvalue weighted by Crippen LogP contribution is 2.24. The maximum atomic E-state index is 12.0. The summed E-state index contributed by atoms with van der Waals surface area (Å²) < 4.78 is 1.81. The first kappa shape index (κ1) is 19.8. The van der Waals surface area contributed by atoms with Gasteiger partial charge in [0.1, 0.15) is 4.64 Å². The molecule has 3 aromatic rings. The summed E-state index contributed by atoms with van der Waals surface area (Å²) in [4.78, 5) is 17.3. The van der Waals surface area contributed by atoms with Crippen LogP contribution >= 0.6 is 12.2 Å². The van der Waals surface area contributed by atoms with Crippen molar-refractivity contribution in [2.75, 3.05) is 0 Å². The molecule has 1 aromatic heterocycles. The first-order chi connectivity index (χ1) is 13.7. The largest absolute Gasteiger partial charge is 0.336 e. The molecule has 3 rings (SSSR count). The summed E-state index contributed by atoms with van der Waals surface area (Å²) >= 11 is 5.12. The third-order valence-electron chi connectivity index (χ3n) is 4.34. The van der Waals surface area contributed by atoms with E-state index in [0.717, 1.165) is 19.3 Å². The summed E-state index contributed by atoms with van der Waals surface area (Å²) in [6, 6.07) is 26.1. The number of aromatic nitrogens is 1. The topological polar surface area (TPSA) is 31.2 Å². The Morgan fingerprint density at radius 2 is 1.46 bits per heavy atom. The average Bonchev–Trinajstić information content (AvgIpc) is 2.73. The average molecular weight is 390 g/mol. The van der Waals surface area contributed by atoms with Gasteiger partial charge in [-0.1, -0.05) is 85.0 Å². The van der Waals surface area contributed by atoms with E-state index in [1.165, 1.54) is 21.4 Å². The fraction of sp³-hybridized carbons (Fsp3) is 0.167. The summed E-state index contributed by atoms with van der Waals surface area (Å²) in [5.74, 6) is -0.266. The van der Waals surface area contributed by atoms with E-state index in [9.17, 15) is 4.79 Å². The third-order valence-corrected chi connectivity index (χ3v) is 4.66. The molecule has 0 saturated heterocycles. The molecule has 142 valence electrons. The monoisotopic (exact) mass is 389 g/mol. The van der Waals surface area contributed by atoms with Gasteiger partial charge in [0, 0.05) is 12.6 Å². The molecule has 0 spiro atoms. The van der Waals surface area contributed by atoms with Gasteiger partial charge < -0.3 is 4.84 Å². The molecule has 3 nitrogen and oxygen atoms in total. The Labute approximate surface area is 170 Å². The minimum Gasteiger partial charge on any atom is -0.336 e. The van der Waals surface area contributed by atoms with Crippen LogP contribution in [0.5, 0.6) is 0 Å². The molecule has 0 aliphatic heterocycles. The molecule has 28 heavy (non-hydrogen) atoms. The minimum atomic E-state index is -0.266. The van der Waals surface area contributed by atoms with Crippen molar-refractivity contribution in [3.05, 3.63) is 107 Å². The number of carbonyl (C=O) groups is 1. The van der Waals surface area contributed by atoms with Crippen LogP contribution in [-0.2, 0) is 4.79 Å². The van der Waals surface area contributed by atoms with Crippen LogP contribution in [-0.4, -0.2) is 10.7 Å². The van der Waals surface area contributed by atoms with Gasteiger partial charge in [-0.05, 0) is 48.1 Å². The smallest absolute Gasteiger partial charge is 0.332 e. The highest BCUT2D eigenvalue weighted by molar-refractivity contribution is 7.71. The molecular formula is C24H23NO2S. The number of hydrogen-bond acceptors (Lipinski definition) is 3. The van der Waals surface area contributed by atoms with Gasteiger partial charge in [-0.3, -0.25) is 0 Å². The van der Waals surface area contributed by atoms with E-state index >= 15 is 0 Å². The molecule has 0 aliphatic rings. The molecule has 2 aromatic carbocycles. The van der Waals surface area contributed by atoms with E-state index in [0.29, 0.717) is 11.1 Å². The molecule has 4 heteroatoms. The van der Waals surface area contributed by atoms with E-state index < -0.39 is 0 Å². The Morgan fingerprint density at radius 3 is 2.07 bits per heavy atom. The zero-order valence-corrected chi connectivity index (χ0v) is 16.5. The van der Waals surface area contributed by atoms with Crippen molar-refractivity contribution in [2.24, 2.45) is 0 Å². The lowest BCUT2D eigenvalue weighted by molar-refractivity contribution is -0.144. The van der Waals surface area contributed by atoms with E-state index in [1.54, 1.807) is 18.3 Å². The summed E-state index contributed by atoms with van der Waals surface area (Å²) in [6.07, 6.45) is 6.86. The predicted molar refractivity (Wildman–Crippen MR) is 115 cm³/mol. The summed E-state index contributed by atoms with van der Waals surface area (Å²) in [5.41, 5.74) is 3.62. The first-order valence-corrected chi connectivity index (χ1v) is 9.85. The van der Waals surface area contributed by atoms with Crippen molar-refractivity contribution >= 4 is 23.8 Å². The van der Waals surface area contributed by atoms with Crippen LogP contribution < -0.4 is 4.84 Å². The van der Waals surface area contributed by atoms with Gasteiger partial charge in [0.2, 0.25) is 0 Å². The molecule has 0 saturated carbocycles. The van der Waals surface area contributed by atoms with Gasteiger partial charge in [0.05, 0.1) is 0 Å². The van der Waals surface area contributed by atoms with Crippen molar-refractivity contribution in [1.29, 1.82) is 0 Å². The second-order valence-electron chi connectivity index (χ2n) is 6.42. The van der Waals surface area contributed by atoms with Crippen LogP contribution in [0.3, 0.4) is 0 Å². The van der Waals surface area contributed by atoms with Gasteiger partial charge in [0.25, 0.3) is 0 Å². The lowest BCUT2D eigenvalue weighted by atomic mass is 9.96. The molecule has 0 fully saturated rings. The molecule has 0 unspecified atom stereocenters. The Morgan fingerprint density at radius 1 is 0.857 bits per heavy atom. The number of benzene rings is 2. The molecule has 0 amide bonds. The van der Waals surface area contributed by atoms with Crippen LogP contribution in [0.4, 0.5) is 0 Å². The van der Waals surface area contributed by atoms with E-state index in [1.807, 2.05) is 18.2 Å². The number of hydrogen-bond donors (Lipinski definition) is 0. The van der Waals surface area contributed by atoms with Crippen LogP contribution in [0.15, 0.2) is 91.1 Å². The zero-order valence-electron chi connectivity index (χ0n) is 15.7. The summed E-state index contributed by atoms with van der Waals surface area (Å²) in [5, 5.41) is 0. The molecule has 0 aliphatic carbocycles. The van der Waals surface area contributed by atoms with Crippen molar-refractivity contribution in [2.45, 2.75) is 25.7 Å². The quantitative estimate of drug-likeness (QED) is 0.357. The summed E-state index contributed by atoms with van der Waals surface area (Å²) in [7, 11) is 0. The lowest BCUT2D eigenvalue weighted by Crippen LogP contribution is -2.19. The van der Waals surface area contributed by atoms with Gasteiger partial charge in [0.15, 0.2) is 0 Å². The second-order valence-corrected chi connectivity index (χ2v) is 6.84. The number of nitrogens with zero attached hydrogens (tertiary/aromatic N) is 1.